The molecule has 0 aromatic carbocycles. The first kappa shape index (κ1) is 18.4. The molecule has 18 heavy (non-hydrogen) atoms. The van der Waals surface area contributed by atoms with E-state index in [9.17, 15) is 13.6 Å². The van der Waals surface area contributed by atoms with Crippen LogP contribution in [-0.2, 0) is 15.8 Å². The molecule has 0 aliphatic carbocycles. The smallest absolute Gasteiger partial charge is 0.772 e. The summed E-state index contributed by atoms with van der Waals surface area (Å²) < 4.78 is 26.4. The van der Waals surface area contributed by atoms with Gasteiger partial charge in [-0.2, -0.15) is 0 Å². The van der Waals surface area contributed by atoms with E-state index in [4.69, 9.17) is 4.74 Å². The minimum absolute atomic E-state index is 0. The van der Waals surface area contributed by atoms with E-state index in [1.165, 1.54) is 0 Å². The molecule has 1 aliphatic rings. The van der Waals surface area contributed by atoms with Crippen molar-refractivity contribution in [3.8, 4) is 0 Å². The van der Waals surface area contributed by atoms with Crippen LogP contribution < -0.4 is 29.6 Å². The molecule has 5 nitrogen and oxygen atoms in total. The fraction of sp³-hybridized carbons (Fsp3) is 0.909. The molecule has 1 fully saturated rings. The zero-order valence-electron chi connectivity index (χ0n) is 11.6. The molecule has 0 aromatic rings. The SMILES string of the molecule is CC(C)(C)OC(=O)N1CCC(CS(=O)[O-])CC1.[Na+]. The largest absolute Gasteiger partial charge is 1.00 e. The molecule has 1 atom stereocenters. The zero-order valence-corrected chi connectivity index (χ0v) is 14.4. The van der Waals surface area contributed by atoms with Crippen LogP contribution in [-0.4, -0.2) is 44.2 Å². The van der Waals surface area contributed by atoms with E-state index in [1.54, 1.807) is 4.90 Å². The quantitative estimate of drug-likeness (QED) is 0.458. The minimum Gasteiger partial charge on any atom is -0.772 e. The summed E-state index contributed by atoms with van der Waals surface area (Å²) in [6, 6.07) is 0. The molecule has 100 valence electrons. The van der Waals surface area contributed by atoms with Crippen LogP contribution >= 0.6 is 0 Å². The number of carbonyl (C=O) groups excluding carboxylic acids is 1. The molecule has 7 heteroatoms. The van der Waals surface area contributed by atoms with E-state index in [0.717, 1.165) is 12.8 Å². The molecule has 1 heterocycles. The van der Waals surface area contributed by atoms with Crippen LogP contribution in [0, 0.1) is 5.92 Å². The molecule has 0 radical (unpaired) electrons. The van der Waals surface area contributed by atoms with Crippen LogP contribution in [0.3, 0.4) is 0 Å². The first-order valence-electron chi connectivity index (χ1n) is 5.82. The third kappa shape index (κ3) is 7.09. The van der Waals surface area contributed by atoms with Crippen molar-refractivity contribution in [1.29, 1.82) is 0 Å². The maximum atomic E-state index is 11.7. The van der Waals surface area contributed by atoms with E-state index >= 15 is 0 Å². The zero-order chi connectivity index (χ0) is 13.1. The molecule has 1 rings (SSSR count). The van der Waals surface area contributed by atoms with Gasteiger partial charge in [0, 0.05) is 18.8 Å². The summed E-state index contributed by atoms with van der Waals surface area (Å²) in [6.07, 6.45) is 1.15. The molecular formula is C11H20NNaO4S. The Morgan fingerprint density at radius 1 is 1.39 bits per heavy atom. The molecule has 0 spiro atoms. The van der Waals surface area contributed by atoms with Gasteiger partial charge in [0.25, 0.3) is 0 Å². The third-order valence-corrected chi connectivity index (χ3v) is 3.38. The molecule has 1 saturated heterocycles. The summed E-state index contributed by atoms with van der Waals surface area (Å²) in [5.41, 5.74) is -0.482. The van der Waals surface area contributed by atoms with Crippen molar-refractivity contribution in [2.75, 3.05) is 18.8 Å². The number of hydrogen-bond acceptors (Lipinski definition) is 4. The molecular weight excluding hydrogens is 265 g/mol. The van der Waals surface area contributed by atoms with Crippen molar-refractivity contribution in [1.82, 2.24) is 4.90 Å². The van der Waals surface area contributed by atoms with Gasteiger partial charge in [0.1, 0.15) is 5.60 Å². The summed E-state index contributed by atoms with van der Waals surface area (Å²) in [7, 11) is 0. The van der Waals surface area contributed by atoms with E-state index in [0.29, 0.717) is 13.1 Å². The first-order chi connectivity index (χ1) is 7.78. The van der Waals surface area contributed by atoms with E-state index in [-0.39, 0.29) is 47.3 Å². The summed E-state index contributed by atoms with van der Waals surface area (Å²) in [6.45, 7) is 6.66. The predicted octanol–water partition coefficient (Wildman–Crippen LogP) is -1.48. The van der Waals surface area contributed by atoms with Crippen molar-refractivity contribution in [2.24, 2.45) is 5.92 Å². The number of piperidine rings is 1. The Morgan fingerprint density at radius 3 is 2.28 bits per heavy atom. The fourth-order valence-electron chi connectivity index (χ4n) is 1.80. The van der Waals surface area contributed by atoms with Gasteiger partial charge in [-0.1, -0.05) is 11.1 Å². The van der Waals surface area contributed by atoms with Gasteiger partial charge in [-0.05, 0) is 39.5 Å². The molecule has 0 saturated carbocycles. The average Bonchev–Trinajstić information content (AvgIpc) is 2.15. The van der Waals surface area contributed by atoms with Crippen molar-refractivity contribution in [3.05, 3.63) is 0 Å². The summed E-state index contributed by atoms with van der Waals surface area (Å²) in [5, 5.41) is 0. The van der Waals surface area contributed by atoms with Crippen LogP contribution in [0.4, 0.5) is 4.79 Å². The Hall–Kier alpha value is 0.380. The van der Waals surface area contributed by atoms with Gasteiger partial charge in [0.15, 0.2) is 0 Å². The maximum Gasteiger partial charge on any atom is 1.00 e. The Balaban J connectivity index is 0.00000289. The Morgan fingerprint density at radius 2 is 1.89 bits per heavy atom. The number of amides is 1. The standard InChI is InChI=1S/C11H21NO4S.Na/c1-11(2,3)16-10(13)12-6-4-9(5-7-12)8-17(14)15;/h9H,4-8H2,1-3H3,(H,14,15);/q;+1/p-1. The monoisotopic (exact) mass is 285 g/mol. The summed E-state index contributed by atoms with van der Waals surface area (Å²) in [5.74, 6) is 0.370. The Kier molecular flexibility index (Phi) is 8.01. The topological polar surface area (TPSA) is 69.7 Å². The number of hydrogen-bond donors (Lipinski definition) is 0. The maximum absolute atomic E-state index is 11.7. The molecule has 0 aromatic heterocycles. The van der Waals surface area contributed by atoms with Gasteiger partial charge >= 0.3 is 35.7 Å². The van der Waals surface area contributed by atoms with Gasteiger partial charge in [0.05, 0.1) is 0 Å². The molecule has 1 unspecified atom stereocenters. The van der Waals surface area contributed by atoms with Gasteiger partial charge in [-0.15, -0.1) is 0 Å². The Bertz CT molecular complexity index is 298. The fourth-order valence-corrected chi connectivity index (χ4v) is 2.52. The number of rotatable bonds is 2. The summed E-state index contributed by atoms with van der Waals surface area (Å²) >= 11 is -1.99. The number of carbonyl (C=O) groups is 1. The van der Waals surface area contributed by atoms with Crippen molar-refractivity contribution >= 4 is 17.2 Å². The number of likely N-dealkylation sites (tertiary alicyclic amines) is 1. The Labute approximate surface area is 133 Å². The molecule has 0 N–H and O–H groups in total. The van der Waals surface area contributed by atoms with Gasteiger partial charge in [-0.25, -0.2) is 4.79 Å². The van der Waals surface area contributed by atoms with E-state index < -0.39 is 16.7 Å². The number of nitrogens with zero attached hydrogens (tertiary/aromatic N) is 1. The van der Waals surface area contributed by atoms with Crippen LogP contribution in [0.5, 0.6) is 0 Å². The second-order valence-corrected chi connectivity index (χ2v) is 6.32. The predicted molar refractivity (Wildman–Crippen MR) is 64.3 cm³/mol. The van der Waals surface area contributed by atoms with Gasteiger partial charge < -0.3 is 14.2 Å². The van der Waals surface area contributed by atoms with Crippen LogP contribution in [0.1, 0.15) is 33.6 Å². The minimum atomic E-state index is -1.99. The van der Waals surface area contributed by atoms with Gasteiger partial charge in [0.2, 0.25) is 0 Å². The molecule has 1 amide bonds. The second-order valence-electron chi connectivity index (χ2n) is 5.38. The van der Waals surface area contributed by atoms with Crippen molar-refractivity contribution < 1.29 is 47.9 Å². The third-order valence-electron chi connectivity index (χ3n) is 2.64. The first-order valence-corrected chi connectivity index (χ1v) is 7.06. The van der Waals surface area contributed by atoms with E-state index in [1.807, 2.05) is 20.8 Å². The van der Waals surface area contributed by atoms with Gasteiger partial charge in [-0.3, -0.25) is 4.21 Å². The summed E-state index contributed by atoms with van der Waals surface area (Å²) in [4.78, 5) is 13.4. The number of ether oxygens (including phenoxy) is 1. The second kappa shape index (κ2) is 7.85. The van der Waals surface area contributed by atoms with Crippen molar-refractivity contribution in [3.63, 3.8) is 0 Å². The van der Waals surface area contributed by atoms with Crippen molar-refractivity contribution in [2.45, 2.75) is 39.2 Å². The van der Waals surface area contributed by atoms with Crippen LogP contribution in [0.25, 0.3) is 0 Å². The molecule has 1 aliphatic heterocycles. The van der Waals surface area contributed by atoms with E-state index in [2.05, 4.69) is 0 Å². The molecule has 0 bridgehead atoms. The van der Waals surface area contributed by atoms with Crippen LogP contribution in [0.2, 0.25) is 0 Å². The van der Waals surface area contributed by atoms with Crippen LogP contribution in [0.15, 0.2) is 0 Å². The normalized spacial score (nSPS) is 19.0. The average molecular weight is 285 g/mol.